The maximum atomic E-state index is 13.0. The Morgan fingerprint density at radius 1 is 1.15 bits per heavy atom. The van der Waals surface area contributed by atoms with Gasteiger partial charge in [-0.1, -0.05) is 6.07 Å². The molecule has 0 spiro atoms. The van der Waals surface area contributed by atoms with Crippen molar-refractivity contribution in [1.82, 2.24) is 4.98 Å². The van der Waals surface area contributed by atoms with Crippen LogP contribution in [0.25, 0.3) is 11.3 Å². The van der Waals surface area contributed by atoms with Crippen molar-refractivity contribution in [3.63, 3.8) is 0 Å². The zero-order chi connectivity index (χ0) is 17.9. The van der Waals surface area contributed by atoms with Crippen molar-refractivity contribution >= 4 is 16.5 Å². The fourth-order valence-corrected chi connectivity index (χ4v) is 3.31. The topological polar surface area (TPSA) is 56.1 Å². The van der Waals surface area contributed by atoms with Crippen molar-refractivity contribution in [2.24, 2.45) is 10.2 Å². The normalized spacial score (nSPS) is 14.1. The highest BCUT2D eigenvalue weighted by molar-refractivity contribution is 7.13. The molecule has 0 saturated heterocycles. The Morgan fingerprint density at radius 2 is 1.96 bits per heavy atom. The van der Waals surface area contributed by atoms with Crippen LogP contribution in [0.2, 0.25) is 0 Å². The van der Waals surface area contributed by atoms with E-state index in [1.807, 2.05) is 30.5 Å². The molecule has 2 heterocycles. The molecule has 1 aliphatic rings. The lowest BCUT2D eigenvalue weighted by Crippen LogP contribution is -2.01. The van der Waals surface area contributed by atoms with Gasteiger partial charge in [0.1, 0.15) is 5.82 Å². The van der Waals surface area contributed by atoms with Gasteiger partial charge in [-0.05, 0) is 55.3 Å². The van der Waals surface area contributed by atoms with Gasteiger partial charge in [-0.15, -0.1) is 16.5 Å². The summed E-state index contributed by atoms with van der Waals surface area (Å²) in [6, 6.07) is 12.2. The van der Waals surface area contributed by atoms with E-state index in [0.29, 0.717) is 5.13 Å². The minimum absolute atomic E-state index is 0.00791. The number of aromatic nitrogens is 1. The average molecular weight is 369 g/mol. The molecule has 1 unspecified atom stereocenters. The molecule has 0 amide bonds. The van der Waals surface area contributed by atoms with Crippen LogP contribution in [0.4, 0.5) is 9.52 Å². The van der Waals surface area contributed by atoms with Crippen molar-refractivity contribution in [2.75, 3.05) is 6.79 Å². The number of ether oxygens (including phenoxy) is 2. The first-order valence-electron chi connectivity index (χ1n) is 8.18. The number of azo groups is 1. The molecule has 0 radical (unpaired) electrons. The Balaban J connectivity index is 1.40. The van der Waals surface area contributed by atoms with Gasteiger partial charge >= 0.3 is 0 Å². The minimum atomic E-state index is -0.263. The van der Waals surface area contributed by atoms with Crippen LogP contribution in [0.15, 0.2) is 58.1 Å². The standard InChI is InChI=1S/C19H16FN3O2S/c1-12(8-13-2-7-17-18(9-13)25-11-24-17)22-23-19-21-16(10-26-19)14-3-5-15(20)6-4-14/h2-7,9-10,12H,8,11H2,1H3. The molecule has 4 rings (SSSR count). The first-order valence-corrected chi connectivity index (χ1v) is 9.06. The van der Waals surface area contributed by atoms with E-state index in [4.69, 9.17) is 9.47 Å². The summed E-state index contributed by atoms with van der Waals surface area (Å²) >= 11 is 1.41. The number of hydrogen-bond acceptors (Lipinski definition) is 6. The van der Waals surface area contributed by atoms with Crippen molar-refractivity contribution < 1.29 is 13.9 Å². The molecule has 132 valence electrons. The summed E-state index contributed by atoms with van der Waals surface area (Å²) in [7, 11) is 0. The van der Waals surface area contributed by atoms with Crippen LogP contribution in [-0.4, -0.2) is 17.8 Å². The zero-order valence-electron chi connectivity index (χ0n) is 14.1. The summed E-state index contributed by atoms with van der Waals surface area (Å²) in [5.41, 5.74) is 2.75. The van der Waals surface area contributed by atoms with E-state index < -0.39 is 0 Å². The molecule has 7 heteroatoms. The van der Waals surface area contributed by atoms with E-state index >= 15 is 0 Å². The van der Waals surface area contributed by atoms with Gasteiger partial charge in [0.2, 0.25) is 11.9 Å². The highest BCUT2D eigenvalue weighted by Crippen LogP contribution is 2.33. The summed E-state index contributed by atoms with van der Waals surface area (Å²) in [4.78, 5) is 4.44. The van der Waals surface area contributed by atoms with Crippen LogP contribution in [-0.2, 0) is 6.42 Å². The number of halogens is 1. The molecule has 26 heavy (non-hydrogen) atoms. The van der Waals surface area contributed by atoms with Crippen molar-refractivity contribution in [3.8, 4) is 22.8 Å². The third kappa shape index (κ3) is 3.72. The highest BCUT2D eigenvalue weighted by Gasteiger charge is 2.14. The number of rotatable bonds is 5. The van der Waals surface area contributed by atoms with E-state index in [2.05, 4.69) is 15.2 Å². The second kappa shape index (κ2) is 7.21. The third-order valence-electron chi connectivity index (χ3n) is 3.94. The molecule has 5 nitrogen and oxygen atoms in total. The molecule has 0 bridgehead atoms. The molecular weight excluding hydrogens is 353 g/mol. The number of thiazole rings is 1. The summed E-state index contributed by atoms with van der Waals surface area (Å²) in [6.07, 6.45) is 0.746. The van der Waals surface area contributed by atoms with Gasteiger partial charge in [0, 0.05) is 10.9 Å². The van der Waals surface area contributed by atoms with E-state index in [1.54, 1.807) is 12.1 Å². The van der Waals surface area contributed by atoms with Crippen LogP contribution in [0.3, 0.4) is 0 Å². The number of nitrogens with zero attached hydrogens (tertiary/aromatic N) is 3. The molecule has 1 atom stereocenters. The van der Waals surface area contributed by atoms with Gasteiger partial charge in [-0.3, -0.25) is 0 Å². The lowest BCUT2D eigenvalue weighted by atomic mass is 10.1. The SMILES string of the molecule is CC(Cc1ccc2c(c1)OCO2)N=Nc1nc(-c2ccc(F)cc2)cs1. The van der Waals surface area contributed by atoms with Gasteiger partial charge in [0.05, 0.1) is 11.7 Å². The number of hydrogen-bond donors (Lipinski definition) is 0. The number of fused-ring (bicyclic) bond motifs is 1. The molecular formula is C19H16FN3O2S. The molecule has 0 fully saturated rings. The lowest BCUT2D eigenvalue weighted by Gasteiger charge is -2.05. The summed E-state index contributed by atoms with van der Waals surface area (Å²) in [6.45, 7) is 2.27. The summed E-state index contributed by atoms with van der Waals surface area (Å²) < 4.78 is 23.7. The lowest BCUT2D eigenvalue weighted by molar-refractivity contribution is 0.174. The molecule has 2 aromatic carbocycles. The maximum Gasteiger partial charge on any atom is 0.231 e. The third-order valence-corrected chi connectivity index (χ3v) is 4.67. The van der Waals surface area contributed by atoms with Crippen LogP contribution in [0, 0.1) is 5.82 Å². The van der Waals surface area contributed by atoms with E-state index in [1.165, 1.54) is 23.5 Å². The first kappa shape index (κ1) is 16.7. The Labute approximate surface area is 154 Å². The first-order chi connectivity index (χ1) is 12.7. The average Bonchev–Trinajstić information content (AvgIpc) is 3.29. The highest BCUT2D eigenvalue weighted by atomic mass is 32.1. The van der Waals surface area contributed by atoms with Gasteiger partial charge < -0.3 is 9.47 Å². The molecule has 0 aliphatic carbocycles. The van der Waals surface area contributed by atoms with Crippen LogP contribution < -0.4 is 9.47 Å². The quantitative estimate of drug-likeness (QED) is 0.566. The molecule has 0 N–H and O–H groups in total. The van der Waals surface area contributed by atoms with Crippen molar-refractivity contribution in [2.45, 2.75) is 19.4 Å². The predicted octanol–water partition coefficient (Wildman–Crippen LogP) is 5.39. The maximum absolute atomic E-state index is 13.0. The van der Waals surface area contributed by atoms with E-state index in [0.717, 1.165) is 34.7 Å². The fourth-order valence-electron chi connectivity index (χ4n) is 2.66. The van der Waals surface area contributed by atoms with E-state index in [-0.39, 0.29) is 18.7 Å². The van der Waals surface area contributed by atoms with Crippen LogP contribution >= 0.6 is 11.3 Å². The Bertz CT molecular complexity index is 940. The Hall–Kier alpha value is -2.80. The zero-order valence-corrected chi connectivity index (χ0v) is 14.9. The fraction of sp³-hybridized carbons (Fsp3) is 0.211. The molecule has 0 saturated carbocycles. The van der Waals surface area contributed by atoms with Gasteiger partial charge in [-0.25, -0.2) is 9.37 Å². The van der Waals surface area contributed by atoms with Crippen molar-refractivity contribution in [1.29, 1.82) is 0 Å². The molecule has 1 aromatic heterocycles. The van der Waals surface area contributed by atoms with Gasteiger partial charge in [0.25, 0.3) is 0 Å². The van der Waals surface area contributed by atoms with Crippen LogP contribution in [0.1, 0.15) is 12.5 Å². The van der Waals surface area contributed by atoms with Gasteiger partial charge in [-0.2, -0.15) is 5.11 Å². The predicted molar refractivity (Wildman–Crippen MR) is 97.8 cm³/mol. The molecule has 3 aromatic rings. The van der Waals surface area contributed by atoms with Crippen molar-refractivity contribution in [3.05, 3.63) is 59.2 Å². The second-order valence-corrected chi connectivity index (χ2v) is 6.81. The van der Waals surface area contributed by atoms with Gasteiger partial charge in [0.15, 0.2) is 11.5 Å². The van der Waals surface area contributed by atoms with E-state index in [9.17, 15) is 4.39 Å². The summed E-state index contributed by atoms with van der Waals surface area (Å²) in [5.74, 6) is 1.29. The Kier molecular flexibility index (Phi) is 4.62. The van der Waals surface area contributed by atoms with Crippen LogP contribution in [0.5, 0.6) is 11.5 Å². The second-order valence-electron chi connectivity index (χ2n) is 5.98. The number of benzene rings is 2. The molecule has 1 aliphatic heterocycles. The smallest absolute Gasteiger partial charge is 0.231 e. The monoisotopic (exact) mass is 369 g/mol. The summed E-state index contributed by atoms with van der Waals surface area (Å²) in [5, 5.41) is 11.1. The Morgan fingerprint density at radius 3 is 2.81 bits per heavy atom. The minimum Gasteiger partial charge on any atom is -0.454 e. The largest absolute Gasteiger partial charge is 0.454 e.